The number of halogens is 2. The van der Waals surface area contributed by atoms with E-state index in [4.69, 9.17) is 23.2 Å². The van der Waals surface area contributed by atoms with Crippen molar-refractivity contribution in [2.75, 3.05) is 11.4 Å². The van der Waals surface area contributed by atoms with E-state index in [0.717, 1.165) is 24.2 Å². The van der Waals surface area contributed by atoms with E-state index >= 15 is 0 Å². The lowest BCUT2D eigenvalue weighted by Crippen LogP contribution is -2.23. The lowest BCUT2D eigenvalue weighted by atomic mass is 10.2. The molecule has 1 N–H and O–H groups in total. The highest BCUT2D eigenvalue weighted by atomic mass is 35.5. The Kier molecular flexibility index (Phi) is 5.96. The lowest BCUT2D eigenvalue weighted by molar-refractivity contribution is -0.117. The summed E-state index contributed by atoms with van der Waals surface area (Å²) in [5, 5.41) is 3.69. The highest BCUT2D eigenvalue weighted by Gasteiger charge is 2.21. The molecule has 0 saturated carbocycles. The molecule has 1 heterocycles. The molecule has 2 aromatic rings. The van der Waals surface area contributed by atoms with Crippen molar-refractivity contribution in [3.63, 3.8) is 0 Å². The molecule has 0 spiro atoms. The summed E-state index contributed by atoms with van der Waals surface area (Å²) in [6.45, 7) is 1.17. The number of benzene rings is 2. The van der Waals surface area contributed by atoms with E-state index < -0.39 is 0 Å². The van der Waals surface area contributed by atoms with Crippen LogP contribution in [0.15, 0.2) is 48.5 Å². The fourth-order valence-electron chi connectivity index (χ4n) is 2.78. The topological polar surface area (TPSA) is 49.4 Å². The normalized spacial score (nSPS) is 14.2. The zero-order valence-corrected chi connectivity index (χ0v) is 15.6. The maximum absolute atomic E-state index is 12.0. The highest BCUT2D eigenvalue weighted by Crippen LogP contribution is 2.26. The first-order valence-corrected chi connectivity index (χ1v) is 9.09. The van der Waals surface area contributed by atoms with Crippen LogP contribution < -0.4 is 10.2 Å². The van der Waals surface area contributed by atoms with Crippen molar-refractivity contribution >= 4 is 46.8 Å². The van der Waals surface area contributed by atoms with Crippen molar-refractivity contribution in [2.24, 2.45) is 0 Å². The Bertz CT molecular complexity index is 847. The van der Waals surface area contributed by atoms with Crippen molar-refractivity contribution in [1.82, 2.24) is 5.32 Å². The number of anilines is 1. The Morgan fingerprint density at radius 2 is 1.92 bits per heavy atom. The summed E-state index contributed by atoms with van der Waals surface area (Å²) < 4.78 is 0. The van der Waals surface area contributed by atoms with E-state index in [0.29, 0.717) is 28.6 Å². The van der Waals surface area contributed by atoms with Crippen LogP contribution in [0, 0.1) is 0 Å². The van der Waals surface area contributed by atoms with Gasteiger partial charge in [-0.15, -0.1) is 0 Å². The molecule has 134 valence electrons. The van der Waals surface area contributed by atoms with Crippen LogP contribution in [0.3, 0.4) is 0 Å². The van der Waals surface area contributed by atoms with Gasteiger partial charge in [0.05, 0.1) is 10.0 Å². The Balaban J connectivity index is 1.55. The minimum Gasteiger partial charge on any atom is -0.348 e. The quantitative estimate of drug-likeness (QED) is 0.769. The van der Waals surface area contributed by atoms with Crippen molar-refractivity contribution in [3.8, 4) is 0 Å². The van der Waals surface area contributed by atoms with Crippen LogP contribution in [-0.4, -0.2) is 18.4 Å². The summed E-state index contributed by atoms with van der Waals surface area (Å²) in [5.74, 6) is -0.0595. The largest absolute Gasteiger partial charge is 0.348 e. The molecule has 4 nitrogen and oxygen atoms in total. The molecule has 0 aromatic heterocycles. The van der Waals surface area contributed by atoms with Crippen LogP contribution in [0.1, 0.15) is 24.0 Å². The maximum atomic E-state index is 12.0. The SMILES string of the molecule is O=C(/C=C/c1cccc(Cl)c1Cl)NCc1ccc(N2CCCC2=O)cc1. The van der Waals surface area contributed by atoms with E-state index in [2.05, 4.69) is 5.32 Å². The van der Waals surface area contributed by atoms with Crippen LogP contribution in [0.25, 0.3) is 6.08 Å². The number of rotatable bonds is 5. The molecule has 26 heavy (non-hydrogen) atoms. The smallest absolute Gasteiger partial charge is 0.244 e. The molecule has 0 unspecified atom stereocenters. The standard InChI is InChI=1S/C20H18Cl2N2O2/c21-17-4-1-3-15(20(17)22)8-11-18(25)23-13-14-6-9-16(10-7-14)24-12-2-5-19(24)26/h1,3-4,6-11H,2,5,12-13H2,(H,23,25)/b11-8+. The van der Waals surface area contributed by atoms with Gasteiger partial charge in [-0.25, -0.2) is 0 Å². The first-order valence-electron chi connectivity index (χ1n) is 8.34. The number of carbonyl (C=O) groups is 2. The van der Waals surface area contributed by atoms with E-state index in [1.54, 1.807) is 29.2 Å². The molecule has 1 fully saturated rings. The van der Waals surface area contributed by atoms with E-state index in [1.807, 2.05) is 24.3 Å². The van der Waals surface area contributed by atoms with E-state index in [-0.39, 0.29) is 11.8 Å². The number of amides is 2. The average molecular weight is 389 g/mol. The van der Waals surface area contributed by atoms with Crippen molar-refractivity contribution in [2.45, 2.75) is 19.4 Å². The molecule has 2 aromatic carbocycles. The number of nitrogens with zero attached hydrogens (tertiary/aromatic N) is 1. The van der Waals surface area contributed by atoms with Gasteiger partial charge in [-0.3, -0.25) is 9.59 Å². The number of carbonyl (C=O) groups excluding carboxylic acids is 2. The predicted octanol–water partition coefficient (Wildman–Crippen LogP) is 4.45. The zero-order chi connectivity index (χ0) is 18.5. The minimum absolute atomic E-state index is 0.163. The number of hydrogen-bond acceptors (Lipinski definition) is 2. The van der Waals surface area contributed by atoms with Gasteiger partial charge in [-0.1, -0.05) is 47.5 Å². The van der Waals surface area contributed by atoms with E-state index in [1.165, 1.54) is 6.08 Å². The van der Waals surface area contributed by atoms with Gasteiger partial charge in [0.2, 0.25) is 11.8 Å². The zero-order valence-electron chi connectivity index (χ0n) is 14.0. The second-order valence-corrected chi connectivity index (χ2v) is 6.79. The maximum Gasteiger partial charge on any atom is 0.244 e. The summed E-state index contributed by atoms with van der Waals surface area (Å²) in [5.41, 5.74) is 2.55. The Morgan fingerprint density at radius 1 is 1.15 bits per heavy atom. The van der Waals surface area contributed by atoms with Gasteiger partial charge in [0.15, 0.2) is 0 Å². The molecule has 1 aliphatic heterocycles. The second kappa shape index (κ2) is 8.39. The Labute approximate surface area is 162 Å². The third-order valence-corrected chi connectivity index (χ3v) is 5.02. The minimum atomic E-state index is -0.222. The fraction of sp³-hybridized carbons (Fsp3) is 0.200. The van der Waals surface area contributed by atoms with Gasteiger partial charge in [-0.2, -0.15) is 0 Å². The predicted molar refractivity (Wildman–Crippen MR) is 105 cm³/mol. The molecule has 0 radical (unpaired) electrons. The van der Waals surface area contributed by atoms with Crippen molar-refractivity contribution < 1.29 is 9.59 Å². The monoisotopic (exact) mass is 388 g/mol. The molecular weight excluding hydrogens is 371 g/mol. The first kappa shape index (κ1) is 18.5. The van der Waals surface area contributed by atoms with Crippen LogP contribution in [0.2, 0.25) is 10.0 Å². The van der Waals surface area contributed by atoms with Gasteiger partial charge in [0.1, 0.15) is 0 Å². The summed E-state index contributed by atoms with van der Waals surface area (Å²) in [6.07, 6.45) is 4.57. The van der Waals surface area contributed by atoms with Crippen molar-refractivity contribution in [3.05, 3.63) is 69.7 Å². The van der Waals surface area contributed by atoms with E-state index in [9.17, 15) is 9.59 Å². The third kappa shape index (κ3) is 4.45. The Morgan fingerprint density at radius 3 is 2.62 bits per heavy atom. The molecular formula is C20H18Cl2N2O2. The summed E-state index contributed by atoms with van der Waals surface area (Å²) in [7, 11) is 0. The van der Waals surface area contributed by atoms with Gasteiger partial charge >= 0.3 is 0 Å². The molecule has 2 amide bonds. The summed E-state index contributed by atoms with van der Waals surface area (Å²) in [4.78, 5) is 25.5. The summed E-state index contributed by atoms with van der Waals surface area (Å²) >= 11 is 12.0. The lowest BCUT2D eigenvalue weighted by Gasteiger charge is -2.15. The first-order chi connectivity index (χ1) is 12.5. The second-order valence-electron chi connectivity index (χ2n) is 6.01. The third-order valence-electron chi connectivity index (χ3n) is 4.18. The van der Waals surface area contributed by atoms with Gasteiger partial charge in [0.25, 0.3) is 0 Å². The average Bonchev–Trinajstić information content (AvgIpc) is 3.07. The van der Waals surface area contributed by atoms with Crippen LogP contribution in [0.4, 0.5) is 5.69 Å². The van der Waals surface area contributed by atoms with Gasteiger partial charge in [0, 0.05) is 31.3 Å². The van der Waals surface area contributed by atoms with Crippen molar-refractivity contribution in [1.29, 1.82) is 0 Å². The number of hydrogen-bond donors (Lipinski definition) is 1. The molecule has 0 aliphatic carbocycles. The van der Waals surface area contributed by atoms with Crippen LogP contribution in [-0.2, 0) is 16.1 Å². The van der Waals surface area contributed by atoms with Gasteiger partial charge < -0.3 is 10.2 Å². The van der Waals surface area contributed by atoms with Gasteiger partial charge in [-0.05, 0) is 41.8 Å². The molecule has 6 heteroatoms. The molecule has 0 atom stereocenters. The Hall–Kier alpha value is -2.30. The number of nitrogens with one attached hydrogen (secondary N) is 1. The highest BCUT2D eigenvalue weighted by molar-refractivity contribution is 6.42. The molecule has 3 rings (SSSR count). The summed E-state index contributed by atoms with van der Waals surface area (Å²) in [6, 6.07) is 12.9. The molecule has 1 saturated heterocycles. The fourth-order valence-corrected chi connectivity index (χ4v) is 3.15. The molecule has 0 bridgehead atoms. The molecule has 1 aliphatic rings. The van der Waals surface area contributed by atoms with Crippen LogP contribution in [0.5, 0.6) is 0 Å². The van der Waals surface area contributed by atoms with Crippen LogP contribution >= 0.6 is 23.2 Å².